The zero-order valence-corrected chi connectivity index (χ0v) is 16.4. The van der Waals surface area contributed by atoms with Gasteiger partial charge in [0.15, 0.2) is 11.6 Å². The molecule has 136 valence electrons. The molecule has 0 aliphatic rings. The molecule has 0 aliphatic heterocycles. The Balaban J connectivity index is 1.50. The third kappa shape index (κ3) is 3.07. The Morgan fingerprint density at radius 1 is 1.31 bits per heavy atom. The van der Waals surface area contributed by atoms with Gasteiger partial charge in [0.1, 0.15) is 10.6 Å². The maximum absolute atomic E-state index is 12.4. The highest BCUT2D eigenvalue weighted by atomic mass is 32.2. The van der Waals surface area contributed by atoms with Gasteiger partial charge in [0, 0.05) is 18.3 Å². The lowest BCUT2D eigenvalue weighted by molar-refractivity contribution is 0.390. The topological polar surface area (TPSA) is 102 Å². The Bertz CT molecular complexity index is 1140. The summed E-state index contributed by atoms with van der Waals surface area (Å²) in [5, 5.41) is 12.2. The fourth-order valence-corrected chi connectivity index (χ4v) is 5.52. The number of hydrogen-bond donors (Lipinski definition) is 1. The summed E-state index contributed by atoms with van der Waals surface area (Å²) in [6, 6.07) is 3.93. The van der Waals surface area contributed by atoms with Crippen LogP contribution in [0.3, 0.4) is 0 Å². The van der Waals surface area contributed by atoms with Crippen LogP contribution in [0, 0.1) is 13.8 Å². The molecule has 0 aromatic carbocycles. The van der Waals surface area contributed by atoms with Crippen LogP contribution in [0.2, 0.25) is 0 Å². The first-order valence-electron chi connectivity index (χ1n) is 7.75. The van der Waals surface area contributed by atoms with Crippen molar-refractivity contribution in [2.45, 2.75) is 25.2 Å². The number of sulfonamides is 1. The molecular formula is C15H15N5O3S3. The first-order valence-corrected chi connectivity index (χ1v) is 11.0. The van der Waals surface area contributed by atoms with Gasteiger partial charge >= 0.3 is 0 Å². The van der Waals surface area contributed by atoms with Gasteiger partial charge in [-0.05, 0) is 25.3 Å². The first kappa shape index (κ1) is 17.3. The second kappa shape index (κ2) is 6.58. The Morgan fingerprint density at radius 3 is 2.85 bits per heavy atom. The normalized spacial score (nSPS) is 12.2. The van der Waals surface area contributed by atoms with Crippen LogP contribution < -0.4 is 4.72 Å². The molecule has 26 heavy (non-hydrogen) atoms. The van der Waals surface area contributed by atoms with Gasteiger partial charge in [0.05, 0.1) is 10.6 Å². The molecule has 0 radical (unpaired) electrons. The van der Waals surface area contributed by atoms with Crippen molar-refractivity contribution < 1.29 is 12.9 Å². The van der Waals surface area contributed by atoms with E-state index >= 15 is 0 Å². The molecule has 0 unspecified atom stereocenters. The number of hydrogen-bond acceptors (Lipinski definition) is 8. The van der Waals surface area contributed by atoms with Crippen LogP contribution in [-0.2, 0) is 16.4 Å². The number of aryl methyl sites for hydroxylation is 2. The average molecular weight is 410 g/mol. The molecule has 0 fully saturated rings. The average Bonchev–Trinajstić information content (AvgIpc) is 3.32. The summed E-state index contributed by atoms with van der Waals surface area (Å²) in [6.07, 6.45) is 0.496. The van der Waals surface area contributed by atoms with Crippen LogP contribution in [0.1, 0.15) is 17.1 Å². The van der Waals surface area contributed by atoms with E-state index in [4.69, 9.17) is 4.52 Å². The summed E-state index contributed by atoms with van der Waals surface area (Å²) in [4.78, 5) is 6.42. The lowest BCUT2D eigenvalue weighted by atomic mass is 10.3. The van der Waals surface area contributed by atoms with E-state index in [-0.39, 0.29) is 17.2 Å². The Kier molecular flexibility index (Phi) is 4.39. The van der Waals surface area contributed by atoms with Crippen LogP contribution in [-0.4, -0.2) is 34.7 Å². The van der Waals surface area contributed by atoms with Crippen LogP contribution in [0.4, 0.5) is 0 Å². The van der Waals surface area contributed by atoms with E-state index < -0.39 is 10.0 Å². The fraction of sp³-hybridized carbons (Fsp3) is 0.267. The maximum atomic E-state index is 12.4. The van der Waals surface area contributed by atoms with Gasteiger partial charge < -0.3 is 4.52 Å². The number of nitrogens with one attached hydrogen (secondary N) is 1. The van der Waals surface area contributed by atoms with Gasteiger partial charge in [-0.15, -0.1) is 27.8 Å². The number of thiophene rings is 1. The Hall–Kier alpha value is -2.08. The van der Waals surface area contributed by atoms with Crippen molar-refractivity contribution in [2.75, 3.05) is 6.54 Å². The largest absolute Gasteiger partial charge is 0.360 e. The van der Waals surface area contributed by atoms with Crippen LogP contribution in [0.15, 0.2) is 32.3 Å². The van der Waals surface area contributed by atoms with E-state index in [1.54, 1.807) is 29.7 Å². The number of rotatable bonds is 6. The highest BCUT2D eigenvalue weighted by Crippen LogP contribution is 2.24. The molecule has 8 nitrogen and oxygen atoms in total. The molecule has 11 heteroatoms. The minimum atomic E-state index is -3.66. The summed E-state index contributed by atoms with van der Waals surface area (Å²) < 4.78 is 34.2. The molecule has 0 spiro atoms. The molecule has 0 atom stereocenters. The van der Waals surface area contributed by atoms with E-state index in [1.165, 1.54) is 11.3 Å². The Labute approximate surface area is 157 Å². The van der Waals surface area contributed by atoms with Crippen LogP contribution in [0.25, 0.3) is 15.7 Å². The van der Waals surface area contributed by atoms with Gasteiger partial charge in [-0.2, -0.15) is 4.98 Å². The molecule has 4 aromatic rings. The quantitative estimate of drug-likeness (QED) is 0.525. The third-order valence-electron chi connectivity index (χ3n) is 3.80. The number of fused-ring (bicyclic) bond motifs is 1. The van der Waals surface area contributed by atoms with E-state index in [0.717, 1.165) is 15.5 Å². The Morgan fingerprint density at radius 2 is 2.15 bits per heavy atom. The van der Waals surface area contributed by atoms with Crippen molar-refractivity contribution in [3.05, 3.63) is 40.0 Å². The van der Waals surface area contributed by atoms with Crippen molar-refractivity contribution in [3.8, 4) is 10.7 Å². The SMILES string of the molecule is Cc1noc(C)c1S(=O)(=O)NCCc1csc2nc(-c3cccs3)nn12. The van der Waals surface area contributed by atoms with Gasteiger partial charge in [-0.1, -0.05) is 11.2 Å². The molecule has 4 aromatic heterocycles. The van der Waals surface area contributed by atoms with E-state index in [9.17, 15) is 8.42 Å². The minimum Gasteiger partial charge on any atom is -0.360 e. The minimum absolute atomic E-state index is 0.105. The number of aromatic nitrogens is 4. The second-order valence-corrected chi connectivity index (χ2v) is 9.12. The molecular weight excluding hydrogens is 394 g/mol. The maximum Gasteiger partial charge on any atom is 0.245 e. The van der Waals surface area contributed by atoms with Crippen LogP contribution >= 0.6 is 22.7 Å². The van der Waals surface area contributed by atoms with Crippen molar-refractivity contribution in [3.63, 3.8) is 0 Å². The van der Waals surface area contributed by atoms with Crippen molar-refractivity contribution in [1.82, 2.24) is 24.5 Å². The summed E-state index contributed by atoms with van der Waals surface area (Å²) in [5.41, 5.74) is 1.26. The number of nitrogens with zero attached hydrogens (tertiary/aromatic N) is 4. The van der Waals surface area contributed by atoms with Crippen LogP contribution in [0.5, 0.6) is 0 Å². The molecule has 0 aliphatic carbocycles. The second-order valence-electron chi connectivity index (χ2n) is 5.64. The highest BCUT2D eigenvalue weighted by molar-refractivity contribution is 7.89. The third-order valence-corrected chi connectivity index (χ3v) is 7.24. The van der Waals surface area contributed by atoms with E-state index in [2.05, 4.69) is 20.0 Å². The smallest absolute Gasteiger partial charge is 0.245 e. The van der Waals surface area contributed by atoms with Gasteiger partial charge in [-0.25, -0.2) is 17.7 Å². The molecule has 0 saturated carbocycles. The monoisotopic (exact) mass is 409 g/mol. The van der Waals surface area contributed by atoms with E-state index in [0.29, 0.717) is 17.9 Å². The van der Waals surface area contributed by atoms with Gasteiger partial charge in [0.2, 0.25) is 15.0 Å². The molecule has 4 heterocycles. The standard InChI is InChI=1S/C15H15N5O3S3/c1-9-13(10(2)23-19-9)26(21,22)16-6-5-11-8-25-15-17-14(18-20(11)15)12-4-3-7-24-12/h3-4,7-8,16H,5-6H2,1-2H3. The predicted molar refractivity (Wildman–Crippen MR) is 99.0 cm³/mol. The molecule has 0 bridgehead atoms. The van der Waals surface area contributed by atoms with Crippen molar-refractivity contribution >= 4 is 37.7 Å². The zero-order valence-electron chi connectivity index (χ0n) is 14.0. The van der Waals surface area contributed by atoms with Gasteiger partial charge in [-0.3, -0.25) is 0 Å². The van der Waals surface area contributed by atoms with Crippen molar-refractivity contribution in [2.24, 2.45) is 0 Å². The molecule has 0 saturated heterocycles. The number of thiazole rings is 1. The molecule has 4 rings (SSSR count). The highest BCUT2D eigenvalue weighted by Gasteiger charge is 2.23. The van der Waals surface area contributed by atoms with Crippen molar-refractivity contribution in [1.29, 1.82) is 0 Å². The first-order chi connectivity index (χ1) is 12.5. The van der Waals surface area contributed by atoms with Gasteiger partial charge in [0.25, 0.3) is 0 Å². The summed E-state index contributed by atoms with van der Waals surface area (Å²) >= 11 is 3.07. The molecule has 1 N–H and O–H groups in total. The summed E-state index contributed by atoms with van der Waals surface area (Å²) in [6.45, 7) is 3.43. The van der Waals surface area contributed by atoms with E-state index in [1.807, 2.05) is 22.9 Å². The summed E-state index contributed by atoms with van der Waals surface area (Å²) in [7, 11) is -3.66. The predicted octanol–water partition coefficient (Wildman–Crippen LogP) is 2.65. The molecule has 0 amide bonds. The lowest BCUT2D eigenvalue weighted by Crippen LogP contribution is -2.27. The zero-order chi connectivity index (χ0) is 18.3. The fourth-order valence-electron chi connectivity index (χ4n) is 2.65. The summed E-state index contributed by atoms with van der Waals surface area (Å²) in [5.74, 6) is 0.967. The lowest BCUT2D eigenvalue weighted by Gasteiger charge is -2.05.